The summed E-state index contributed by atoms with van der Waals surface area (Å²) in [6.45, 7) is 5.65. The van der Waals surface area contributed by atoms with Crippen LogP contribution in [-0.4, -0.2) is 67.7 Å². The largest absolute Gasteiger partial charge is 0.494 e. The monoisotopic (exact) mass is 682 g/mol. The van der Waals surface area contributed by atoms with Crippen molar-refractivity contribution in [3.63, 3.8) is 0 Å². The number of hydrogen-bond acceptors (Lipinski definition) is 10. The highest BCUT2D eigenvalue weighted by molar-refractivity contribution is 7.89. The highest BCUT2D eigenvalue weighted by Crippen LogP contribution is 2.35. The van der Waals surface area contributed by atoms with Crippen LogP contribution in [0.4, 0.5) is 23.8 Å². The van der Waals surface area contributed by atoms with Crippen LogP contribution in [0.2, 0.25) is 0 Å². The number of aliphatic hydroxyl groups excluding tert-OH is 1. The number of sulfonamides is 1. The van der Waals surface area contributed by atoms with E-state index >= 15 is 0 Å². The van der Waals surface area contributed by atoms with Crippen molar-refractivity contribution in [3.8, 4) is 17.2 Å². The first-order valence-electron chi connectivity index (χ1n) is 14.8. The molecule has 3 N–H and O–H groups in total. The van der Waals surface area contributed by atoms with E-state index in [1.165, 1.54) is 31.2 Å². The number of carbonyl (C=O) groups excluding carboxylic acids is 1. The van der Waals surface area contributed by atoms with Gasteiger partial charge in [0.1, 0.15) is 11.6 Å². The van der Waals surface area contributed by atoms with Crippen molar-refractivity contribution in [1.82, 2.24) is 14.8 Å². The maximum atomic E-state index is 13.4. The van der Waals surface area contributed by atoms with E-state index in [-0.39, 0.29) is 36.3 Å². The second-order valence-electron chi connectivity index (χ2n) is 11.2. The van der Waals surface area contributed by atoms with Gasteiger partial charge in [0.2, 0.25) is 6.79 Å². The Balaban J connectivity index is 1.27. The quantitative estimate of drug-likeness (QED) is 0.148. The summed E-state index contributed by atoms with van der Waals surface area (Å²) in [6.07, 6.45) is -4.97. The van der Waals surface area contributed by atoms with E-state index in [2.05, 4.69) is 15.6 Å². The van der Waals surface area contributed by atoms with E-state index in [9.17, 15) is 31.5 Å². The standard InChI is InChI=1S/C31H37F3N4O8S/c1-20(2)18-38(47(41,42)25-10-11-27-28(16-25)45-19-44-27)46-30(40)37-26(21(3)39)15-22-5-8-24(9-6-22)43-14-4-13-35-29-12-7-23(17-36-29)31(32,33)34/h5-12,16-17,20-21,26,39H,4,13-15,18-19H2,1-3H3,(H,35,36)(H,37,40). The van der Waals surface area contributed by atoms with E-state index in [0.29, 0.717) is 41.4 Å². The fourth-order valence-electron chi connectivity index (χ4n) is 4.37. The number of hydroxylamine groups is 1. The van der Waals surface area contributed by atoms with Crippen LogP contribution in [0, 0.1) is 5.92 Å². The predicted molar refractivity (Wildman–Crippen MR) is 164 cm³/mol. The van der Waals surface area contributed by atoms with Crippen LogP contribution in [0.25, 0.3) is 0 Å². The average Bonchev–Trinajstić information content (AvgIpc) is 3.49. The van der Waals surface area contributed by atoms with Crippen molar-refractivity contribution in [2.75, 3.05) is 31.8 Å². The number of hydrogen-bond donors (Lipinski definition) is 3. The molecule has 0 bridgehead atoms. The van der Waals surface area contributed by atoms with E-state index in [1.807, 2.05) is 0 Å². The molecule has 2 aromatic carbocycles. The number of nitrogens with one attached hydrogen (secondary N) is 2. The number of nitrogens with zero attached hydrogens (tertiary/aromatic N) is 2. The van der Waals surface area contributed by atoms with E-state index in [4.69, 9.17) is 19.0 Å². The van der Waals surface area contributed by atoms with Gasteiger partial charge in [-0.15, -0.1) is 0 Å². The summed E-state index contributed by atoms with van der Waals surface area (Å²) in [7, 11) is -4.27. The summed E-state index contributed by atoms with van der Waals surface area (Å²) in [6, 6.07) is 12.5. The predicted octanol–water partition coefficient (Wildman–Crippen LogP) is 4.99. The third-order valence-electron chi connectivity index (χ3n) is 6.86. The number of alkyl halides is 3. The number of pyridine rings is 1. The number of fused-ring (bicyclic) bond motifs is 1. The van der Waals surface area contributed by atoms with Crippen LogP contribution < -0.4 is 24.8 Å². The Kier molecular flexibility index (Phi) is 11.8. The second kappa shape index (κ2) is 15.5. The van der Waals surface area contributed by atoms with Gasteiger partial charge >= 0.3 is 12.3 Å². The van der Waals surface area contributed by atoms with Crippen molar-refractivity contribution in [3.05, 3.63) is 71.9 Å². The molecule has 0 radical (unpaired) electrons. The first-order valence-corrected chi connectivity index (χ1v) is 16.2. The Labute approximate surface area is 270 Å². The van der Waals surface area contributed by atoms with Gasteiger partial charge in [-0.05, 0) is 72.1 Å². The summed E-state index contributed by atoms with van der Waals surface area (Å²) in [5, 5.41) is 15.9. The third kappa shape index (κ3) is 10.1. The Morgan fingerprint density at radius 2 is 1.79 bits per heavy atom. The number of aromatic nitrogens is 1. The zero-order valence-corrected chi connectivity index (χ0v) is 26.8. The van der Waals surface area contributed by atoms with Gasteiger partial charge < -0.3 is 34.8 Å². The topological polar surface area (TPSA) is 149 Å². The van der Waals surface area contributed by atoms with Gasteiger partial charge in [0, 0.05) is 18.8 Å². The normalized spacial score (nSPS) is 14.1. The zero-order chi connectivity index (χ0) is 34.2. The number of halogens is 3. The zero-order valence-electron chi connectivity index (χ0n) is 26.0. The molecule has 0 spiro atoms. The molecule has 4 rings (SSSR count). The number of aliphatic hydroxyl groups is 1. The lowest BCUT2D eigenvalue weighted by molar-refractivity contribution is -0.137. The smallest absolute Gasteiger partial charge is 0.427 e. The van der Waals surface area contributed by atoms with Gasteiger partial charge in [-0.25, -0.2) is 18.2 Å². The lowest BCUT2D eigenvalue weighted by Gasteiger charge is -2.25. The Morgan fingerprint density at radius 1 is 1.06 bits per heavy atom. The molecule has 12 nitrogen and oxygen atoms in total. The van der Waals surface area contributed by atoms with E-state index in [1.54, 1.807) is 38.1 Å². The molecule has 1 amide bonds. The molecular weight excluding hydrogens is 645 g/mol. The van der Waals surface area contributed by atoms with Crippen LogP contribution in [0.1, 0.15) is 38.3 Å². The van der Waals surface area contributed by atoms with Gasteiger partial charge in [0.15, 0.2) is 11.5 Å². The van der Waals surface area contributed by atoms with Crippen molar-refractivity contribution < 1.29 is 50.5 Å². The van der Waals surface area contributed by atoms with Crippen LogP contribution in [0.15, 0.2) is 65.7 Å². The van der Waals surface area contributed by atoms with Gasteiger partial charge in [-0.3, -0.25) is 0 Å². The summed E-state index contributed by atoms with van der Waals surface area (Å²) >= 11 is 0. The molecule has 0 saturated carbocycles. The lowest BCUT2D eigenvalue weighted by Crippen LogP contribution is -2.47. The van der Waals surface area contributed by atoms with Crippen molar-refractivity contribution in [2.24, 2.45) is 5.92 Å². The summed E-state index contributed by atoms with van der Waals surface area (Å²) in [5.41, 5.74) is -0.0616. The molecule has 2 unspecified atom stereocenters. The number of rotatable bonds is 15. The maximum Gasteiger partial charge on any atom is 0.427 e. The van der Waals surface area contributed by atoms with Crippen LogP contribution in [0.5, 0.6) is 17.2 Å². The number of amides is 1. The highest BCUT2D eigenvalue weighted by Gasteiger charge is 2.32. The minimum absolute atomic E-state index is 0.0309. The first kappa shape index (κ1) is 35.6. The van der Waals surface area contributed by atoms with E-state index in [0.717, 1.165) is 17.8 Å². The number of anilines is 1. The molecule has 1 aromatic heterocycles. The van der Waals surface area contributed by atoms with Crippen LogP contribution >= 0.6 is 0 Å². The number of benzene rings is 2. The summed E-state index contributed by atoms with van der Waals surface area (Å²) < 4.78 is 81.6. The molecule has 0 fully saturated rings. The number of ether oxygens (including phenoxy) is 3. The van der Waals surface area contributed by atoms with Crippen LogP contribution in [0.3, 0.4) is 0 Å². The third-order valence-corrected chi connectivity index (χ3v) is 8.47. The summed E-state index contributed by atoms with van der Waals surface area (Å²) in [4.78, 5) is 21.8. The van der Waals surface area contributed by atoms with Crippen molar-refractivity contribution >= 4 is 21.9 Å². The molecule has 1 aliphatic rings. The molecule has 0 saturated heterocycles. The van der Waals surface area contributed by atoms with Crippen molar-refractivity contribution in [1.29, 1.82) is 0 Å². The lowest BCUT2D eigenvalue weighted by atomic mass is 10.0. The van der Waals surface area contributed by atoms with Crippen molar-refractivity contribution in [2.45, 2.75) is 56.8 Å². The molecule has 2 heterocycles. The molecule has 16 heteroatoms. The molecule has 256 valence electrons. The first-order chi connectivity index (χ1) is 22.2. The highest BCUT2D eigenvalue weighted by atomic mass is 32.2. The average molecular weight is 683 g/mol. The maximum absolute atomic E-state index is 13.4. The van der Waals surface area contributed by atoms with Gasteiger partial charge in [-0.1, -0.05) is 26.0 Å². The molecular formula is C31H37F3N4O8S. The minimum atomic E-state index is -4.44. The Bertz CT molecular complexity index is 1590. The Morgan fingerprint density at radius 3 is 2.43 bits per heavy atom. The molecule has 3 aromatic rings. The van der Waals surface area contributed by atoms with Gasteiger partial charge in [0.25, 0.3) is 10.0 Å². The Hall–Kier alpha value is -4.28. The van der Waals surface area contributed by atoms with Gasteiger partial charge in [-0.2, -0.15) is 13.2 Å². The second-order valence-corrected chi connectivity index (χ2v) is 13.0. The fraction of sp³-hybridized carbons (Fsp3) is 0.419. The minimum Gasteiger partial charge on any atom is -0.494 e. The fourth-order valence-corrected chi connectivity index (χ4v) is 5.76. The summed E-state index contributed by atoms with van der Waals surface area (Å²) in [5.74, 6) is 1.37. The number of carbonyl (C=O) groups is 1. The molecule has 2 atom stereocenters. The van der Waals surface area contributed by atoms with Gasteiger partial charge in [0.05, 0.1) is 35.8 Å². The molecule has 47 heavy (non-hydrogen) atoms. The van der Waals surface area contributed by atoms with E-state index < -0.39 is 40.0 Å². The SMILES string of the molecule is CC(C)CN(OC(=O)NC(Cc1ccc(OCCCNc2ccc(C(F)(F)F)cn2)cc1)C(C)O)S(=O)(=O)c1ccc2c(c1)OCO2. The molecule has 0 aliphatic carbocycles. The van der Waals surface area contributed by atoms with Crippen LogP contribution in [-0.2, 0) is 27.5 Å². The molecule has 1 aliphatic heterocycles.